The highest BCUT2D eigenvalue weighted by atomic mass is 32.2. The minimum atomic E-state index is 0.712. The third kappa shape index (κ3) is 3.15. The lowest BCUT2D eigenvalue weighted by atomic mass is 10.2. The molecule has 74 valence electrons. The summed E-state index contributed by atoms with van der Waals surface area (Å²) in [5.74, 6) is 6.85. The molecule has 0 radical (unpaired) electrons. The number of thioether (sulfide) groups is 1. The first-order chi connectivity index (χ1) is 7.45. The average molecular weight is 215 g/mol. The summed E-state index contributed by atoms with van der Waals surface area (Å²) in [6, 6.07) is 9.92. The van der Waals surface area contributed by atoms with Crippen LogP contribution in [0.1, 0.15) is 5.56 Å². The van der Waals surface area contributed by atoms with Gasteiger partial charge in [-0.25, -0.2) is 4.98 Å². The van der Waals surface area contributed by atoms with Crippen LogP contribution in [0.2, 0.25) is 0 Å². The molecule has 0 fully saturated rings. The van der Waals surface area contributed by atoms with Crippen LogP contribution in [0.15, 0.2) is 41.8 Å². The molecule has 0 amide bonds. The van der Waals surface area contributed by atoms with Crippen molar-refractivity contribution >= 4 is 11.8 Å². The van der Waals surface area contributed by atoms with Crippen molar-refractivity contribution in [3.05, 3.63) is 42.2 Å². The van der Waals surface area contributed by atoms with Gasteiger partial charge in [-0.3, -0.25) is 5.10 Å². The number of nitrogens with one attached hydrogen (secondary N) is 1. The lowest BCUT2D eigenvalue weighted by Crippen LogP contribution is -1.78. The summed E-state index contributed by atoms with van der Waals surface area (Å²) in [5, 5.41) is 7.33. The Labute approximate surface area is 92.3 Å². The third-order valence-corrected chi connectivity index (χ3v) is 2.44. The normalized spacial score (nSPS) is 9.33. The number of H-pyrrole nitrogens is 1. The van der Waals surface area contributed by atoms with Crippen molar-refractivity contribution in [3.63, 3.8) is 0 Å². The summed E-state index contributed by atoms with van der Waals surface area (Å²) >= 11 is 1.54. The molecule has 1 N–H and O–H groups in total. The van der Waals surface area contributed by atoms with Crippen molar-refractivity contribution in [3.8, 4) is 11.8 Å². The molecule has 3 nitrogen and oxygen atoms in total. The van der Waals surface area contributed by atoms with E-state index in [2.05, 4.69) is 27.0 Å². The van der Waals surface area contributed by atoms with E-state index in [1.165, 1.54) is 6.33 Å². The molecule has 4 heteroatoms. The van der Waals surface area contributed by atoms with Gasteiger partial charge in [0.1, 0.15) is 6.33 Å². The number of rotatable bonds is 2. The zero-order valence-electron chi connectivity index (χ0n) is 7.97. The zero-order chi connectivity index (χ0) is 10.3. The van der Waals surface area contributed by atoms with Gasteiger partial charge in [0, 0.05) is 5.56 Å². The fourth-order valence-electron chi connectivity index (χ4n) is 1.03. The van der Waals surface area contributed by atoms with Gasteiger partial charge in [0.05, 0.1) is 5.75 Å². The Balaban J connectivity index is 1.86. The first kappa shape index (κ1) is 9.81. The summed E-state index contributed by atoms with van der Waals surface area (Å²) in [6.07, 6.45) is 1.49. The summed E-state index contributed by atoms with van der Waals surface area (Å²) in [5.41, 5.74) is 1.04. The van der Waals surface area contributed by atoms with Gasteiger partial charge in [-0.15, -0.1) is 0 Å². The van der Waals surface area contributed by atoms with Crippen LogP contribution in [0, 0.1) is 11.8 Å². The molecule has 0 saturated carbocycles. The number of benzene rings is 1. The monoisotopic (exact) mass is 215 g/mol. The summed E-state index contributed by atoms with van der Waals surface area (Å²) < 4.78 is 0. The Morgan fingerprint density at radius 3 is 2.87 bits per heavy atom. The second-order valence-corrected chi connectivity index (χ2v) is 3.71. The van der Waals surface area contributed by atoms with E-state index in [1.807, 2.05) is 30.3 Å². The molecule has 0 unspecified atom stereocenters. The lowest BCUT2D eigenvalue weighted by Gasteiger charge is -1.88. The molecular weight excluding hydrogens is 206 g/mol. The maximum atomic E-state index is 3.99. The SMILES string of the molecule is C(#Cc1ccccc1)CSc1ncn[nH]1. The second kappa shape index (κ2) is 5.23. The first-order valence-corrected chi connectivity index (χ1v) is 5.46. The van der Waals surface area contributed by atoms with Gasteiger partial charge in [-0.2, -0.15) is 5.10 Å². The fraction of sp³-hybridized carbons (Fsp3) is 0.0909. The Hall–Kier alpha value is -1.73. The molecule has 0 bridgehead atoms. The van der Waals surface area contributed by atoms with E-state index in [0.717, 1.165) is 10.7 Å². The van der Waals surface area contributed by atoms with Crippen LogP contribution in [-0.2, 0) is 0 Å². The van der Waals surface area contributed by atoms with E-state index in [0.29, 0.717) is 5.75 Å². The van der Waals surface area contributed by atoms with Crippen molar-refractivity contribution in [2.45, 2.75) is 5.16 Å². The van der Waals surface area contributed by atoms with Crippen LogP contribution in [0.4, 0.5) is 0 Å². The molecule has 15 heavy (non-hydrogen) atoms. The fourth-order valence-corrected chi connectivity index (χ4v) is 1.55. The molecule has 0 aliphatic carbocycles. The summed E-state index contributed by atoms with van der Waals surface area (Å²) in [4.78, 5) is 3.99. The zero-order valence-corrected chi connectivity index (χ0v) is 8.79. The molecule has 0 saturated heterocycles. The minimum absolute atomic E-state index is 0.712. The molecule has 2 aromatic rings. The van der Waals surface area contributed by atoms with Gasteiger partial charge in [0.15, 0.2) is 5.16 Å². The predicted octanol–water partition coefficient (Wildman–Crippen LogP) is 1.95. The van der Waals surface area contributed by atoms with E-state index >= 15 is 0 Å². The maximum Gasteiger partial charge on any atom is 0.184 e. The first-order valence-electron chi connectivity index (χ1n) is 4.47. The van der Waals surface area contributed by atoms with Crippen LogP contribution < -0.4 is 0 Å². The lowest BCUT2D eigenvalue weighted by molar-refractivity contribution is 0.975. The van der Waals surface area contributed by atoms with E-state index in [4.69, 9.17) is 0 Å². The number of aromatic nitrogens is 3. The van der Waals surface area contributed by atoms with Gasteiger partial charge in [0.2, 0.25) is 0 Å². The van der Waals surface area contributed by atoms with Gasteiger partial charge in [-0.05, 0) is 12.1 Å². The quantitative estimate of drug-likeness (QED) is 0.615. The van der Waals surface area contributed by atoms with E-state index < -0.39 is 0 Å². The molecule has 0 aliphatic rings. The minimum Gasteiger partial charge on any atom is -0.254 e. The second-order valence-electron chi connectivity index (χ2n) is 2.75. The number of hydrogen-bond donors (Lipinski definition) is 1. The molecule has 1 aromatic heterocycles. The third-order valence-electron chi connectivity index (χ3n) is 1.68. The van der Waals surface area contributed by atoms with Gasteiger partial charge in [-0.1, -0.05) is 41.8 Å². The van der Waals surface area contributed by atoms with Crippen LogP contribution in [-0.4, -0.2) is 20.9 Å². The van der Waals surface area contributed by atoms with Crippen molar-refractivity contribution < 1.29 is 0 Å². The van der Waals surface area contributed by atoms with E-state index in [-0.39, 0.29) is 0 Å². The Bertz CT molecular complexity index is 454. The Kier molecular flexibility index (Phi) is 3.42. The van der Waals surface area contributed by atoms with Gasteiger partial charge >= 0.3 is 0 Å². The molecule has 0 aliphatic heterocycles. The maximum absolute atomic E-state index is 3.99. The number of hydrogen-bond acceptors (Lipinski definition) is 3. The highest BCUT2D eigenvalue weighted by molar-refractivity contribution is 7.99. The number of nitrogens with zero attached hydrogens (tertiary/aromatic N) is 2. The van der Waals surface area contributed by atoms with Crippen molar-refractivity contribution in [2.24, 2.45) is 0 Å². The number of aromatic amines is 1. The van der Waals surface area contributed by atoms with Gasteiger partial charge < -0.3 is 0 Å². The topological polar surface area (TPSA) is 41.6 Å². The smallest absolute Gasteiger partial charge is 0.184 e. The van der Waals surface area contributed by atoms with Crippen LogP contribution in [0.25, 0.3) is 0 Å². The highest BCUT2D eigenvalue weighted by Crippen LogP contribution is 2.08. The van der Waals surface area contributed by atoms with Crippen molar-refractivity contribution in [1.82, 2.24) is 15.2 Å². The van der Waals surface area contributed by atoms with Crippen LogP contribution in [0.3, 0.4) is 0 Å². The van der Waals surface area contributed by atoms with Crippen molar-refractivity contribution in [1.29, 1.82) is 0 Å². The van der Waals surface area contributed by atoms with E-state index in [9.17, 15) is 0 Å². The van der Waals surface area contributed by atoms with E-state index in [1.54, 1.807) is 11.8 Å². The van der Waals surface area contributed by atoms with Crippen LogP contribution in [0.5, 0.6) is 0 Å². The summed E-state index contributed by atoms with van der Waals surface area (Å²) in [7, 11) is 0. The Morgan fingerprint density at radius 2 is 2.13 bits per heavy atom. The molecule has 2 rings (SSSR count). The predicted molar refractivity (Wildman–Crippen MR) is 60.4 cm³/mol. The standard InChI is InChI=1S/C11H9N3S/c1-2-5-10(6-3-1)7-4-8-15-11-12-9-13-14-11/h1-3,5-6,9H,8H2,(H,12,13,14). The Morgan fingerprint density at radius 1 is 1.27 bits per heavy atom. The summed E-state index contributed by atoms with van der Waals surface area (Å²) in [6.45, 7) is 0. The molecule has 1 heterocycles. The molecular formula is C11H9N3S. The van der Waals surface area contributed by atoms with Crippen LogP contribution >= 0.6 is 11.8 Å². The molecule has 0 spiro atoms. The van der Waals surface area contributed by atoms with Crippen molar-refractivity contribution in [2.75, 3.05) is 5.75 Å². The molecule has 1 aromatic carbocycles. The largest absolute Gasteiger partial charge is 0.254 e. The highest BCUT2D eigenvalue weighted by Gasteiger charge is 1.92. The average Bonchev–Trinajstić information content (AvgIpc) is 2.79. The molecule has 0 atom stereocenters. The van der Waals surface area contributed by atoms with Gasteiger partial charge in [0.25, 0.3) is 0 Å².